The zero-order valence-electron chi connectivity index (χ0n) is 16.2. The van der Waals surface area contributed by atoms with E-state index in [4.69, 9.17) is 32.5 Å². The van der Waals surface area contributed by atoms with Gasteiger partial charge in [-0.05, 0) is 49.5 Å². The Bertz CT molecular complexity index is 761. The van der Waals surface area contributed by atoms with Gasteiger partial charge in [0.25, 0.3) is 0 Å². The van der Waals surface area contributed by atoms with Gasteiger partial charge >= 0.3 is 11.9 Å². The molecule has 11 heteroatoms. The Hall–Kier alpha value is -1.50. The first-order chi connectivity index (χ1) is 13.1. The SMILES string of the molecule is CSCCC(N)(N)C(=O)Oc1ccc2c(C)c1OC(=O)C(N)(CCSC)N2N. The third-order valence-corrected chi connectivity index (χ3v) is 5.79. The van der Waals surface area contributed by atoms with Crippen LogP contribution in [0.25, 0.3) is 0 Å². The number of rotatable bonds is 8. The Kier molecular flexibility index (Phi) is 7.23. The molecule has 1 heterocycles. The van der Waals surface area contributed by atoms with Crippen LogP contribution in [-0.2, 0) is 9.59 Å². The fraction of sp³-hybridized carbons (Fsp3) is 0.529. The summed E-state index contributed by atoms with van der Waals surface area (Å²) in [5, 5.41) is 1.21. The number of thioether (sulfide) groups is 2. The maximum atomic E-state index is 12.8. The van der Waals surface area contributed by atoms with Crippen molar-refractivity contribution < 1.29 is 19.1 Å². The Morgan fingerprint density at radius 3 is 2.54 bits per heavy atom. The second kappa shape index (κ2) is 8.89. The number of fused-ring (bicyclic) bond motifs is 2. The van der Waals surface area contributed by atoms with E-state index in [1.54, 1.807) is 13.0 Å². The number of carbonyl (C=O) groups is 2. The highest BCUT2D eigenvalue weighted by Crippen LogP contribution is 2.42. The lowest BCUT2D eigenvalue weighted by Crippen LogP contribution is -2.66. The van der Waals surface area contributed by atoms with Gasteiger partial charge in [0.2, 0.25) is 5.66 Å². The van der Waals surface area contributed by atoms with Crippen LogP contribution in [0, 0.1) is 6.92 Å². The molecule has 2 rings (SSSR count). The largest absolute Gasteiger partial charge is 0.420 e. The average Bonchev–Trinajstić information content (AvgIpc) is 2.69. The maximum absolute atomic E-state index is 12.8. The molecule has 0 spiro atoms. The fourth-order valence-corrected chi connectivity index (χ4v) is 3.72. The summed E-state index contributed by atoms with van der Waals surface area (Å²) in [6.45, 7) is 1.70. The molecule has 0 aromatic heterocycles. The standard InChI is InChI=1S/C17H27N5O4S2/c1-10-11-4-5-12(25-14(23)16(18,19)6-8-27-2)13(10)26-15(24)17(20,22(11)21)7-9-28-3/h4-5H,6-9,18-21H2,1-3H3. The zero-order chi connectivity index (χ0) is 21.1. The molecule has 1 aliphatic rings. The summed E-state index contributed by atoms with van der Waals surface area (Å²) in [5.41, 5.74) is 15.9. The van der Waals surface area contributed by atoms with E-state index in [1.807, 2.05) is 12.5 Å². The van der Waals surface area contributed by atoms with Gasteiger partial charge < -0.3 is 20.9 Å². The lowest BCUT2D eigenvalue weighted by atomic mass is 10.1. The number of ether oxygens (including phenoxy) is 2. The molecular formula is C17H27N5O4S2. The number of benzene rings is 1. The molecule has 9 nitrogen and oxygen atoms in total. The third-order valence-electron chi connectivity index (χ3n) is 4.57. The lowest BCUT2D eigenvalue weighted by Gasteiger charge is -2.35. The molecule has 0 amide bonds. The average molecular weight is 430 g/mol. The molecule has 0 aliphatic carbocycles. The van der Waals surface area contributed by atoms with Crippen molar-refractivity contribution in [2.75, 3.05) is 29.0 Å². The van der Waals surface area contributed by atoms with Crippen molar-refractivity contribution in [1.82, 2.24) is 0 Å². The predicted octanol–water partition coefficient (Wildman–Crippen LogP) is 0.274. The molecule has 2 bridgehead atoms. The van der Waals surface area contributed by atoms with Crippen LogP contribution in [0.2, 0.25) is 0 Å². The van der Waals surface area contributed by atoms with Gasteiger partial charge in [0.1, 0.15) is 0 Å². The minimum Gasteiger partial charge on any atom is -0.420 e. The Morgan fingerprint density at radius 1 is 1.29 bits per heavy atom. The van der Waals surface area contributed by atoms with Gasteiger partial charge in [-0.15, -0.1) is 0 Å². The highest BCUT2D eigenvalue weighted by Gasteiger charge is 2.45. The molecule has 1 atom stereocenters. The van der Waals surface area contributed by atoms with Gasteiger partial charge in [-0.1, -0.05) is 0 Å². The van der Waals surface area contributed by atoms with E-state index in [9.17, 15) is 9.59 Å². The fourth-order valence-electron chi connectivity index (χ4n) is 2.67. The quantitative estimate of drug-likeness (QED) is 0.194. The van der Waals surface area contributed by atoms with Crippen LogP contribution in [0.15, 0.2) is 12.1 Å². The Labute approximate surface area is 172 Å². The maximum Gasteiger partial charge on any atom is 0.353 e. The molecule has 1 unspecified atom stereocenters. The second-order valence-electron chi connectivity index (χ2n) is 6.64. The molecule has 8 N–H and O–H groups in total. The van der Waals surface area contributed by atoms with Crippen LogP contribution >= 0.6 is 23.5 Å². The Morgan fingerprint density at radius 2 is 1.93 bits per heavy atom. The molecular weight excluding hydrogens is 402 g/mol. The summed E-state index contributed by atoms with van der Waals surface area (Å²) in [7, 11) is 0. The van der Waals surface area contributed by atoms with Crippen LogP contribution in [-0.4, -0.2) is 47.3 Å². The molecule has 1 aromatic rings. The number of hydrazine groups is 1. The third kappa shape index (κ3) is 4.39. The highest BCUT2D eigenvalue weighted by molar-refractivity contribution is 7.98. The van der Waals surface area contributed by atoms with Crippen LogP contribution < -0.4 is 37.5 Å². The second-order valence-corrected chi connectivity index (χ2v) is 8.61. The van der Waals surface area contributed by atoms with Crippen LogP contribution in [0.4, 0.5) is 5.69 Å². The molecule has 0 saturated heterocycles. The topological polar surface area (TPSA) is 160 Å². The summed E-state index contributed by atoms with van der Waals surface area (Å²) in [6.07, 6.45) is 4.29. The van der Waals surface area contributed by atoms with Crippen molar-refractivity contribution in [3.8, 4) is 11.5 Å². The monoisotopic (exact) mass is 429 g/mol. The lowest BCUT2D eigenvalue weighted by molar-refractivity contribution is -0.143. The van der Waals surface area contributed by atoms with Gasteiger partial charge in [0, 0.05) is 12.0 Å². The Balaban J connectivity index is 2.35. The van der Waals surface area contributed by atoms with Crippen LogP contribution in [0.5, 0.6) is 11.5 Å². The number of hydrogen-bond donors (Lipinski definition) is 4. The van der Waals surface area contributed by atoms with Gasteiger partial charge in [-0.2, -0.15) is 23.5 Å². The van der Waals surface area contributed by atoms with Crippen molar-refractivity contribution >= 4 is 41.1 Å². The first-order valence-electron chi connectivity index (χ1n) is 8.56. The van der Waals surface area contributed by atoms with E-state index >= 15 is 0 Å². The normalized spacial score (nSPS) is 19.2. The molecule has 0 radical (unpaired) electrons. The summed E-state index contributed by atoms with van der Waals surface area (Å²) >= 11 is 3.04. The minimum atomic E-state index is -1.66. The van der Waals surface area contributed by atoms with E-state index < -0.39 is 23.3 Å². The first-order valence-corrected chi connectivity index (χ1v) is 11.3. The van der Waals surface area contributed by atoms with Crippen molar-refractivity contribution in [1.29, 1.82) is 0 Å². The number of anilines is 1. The minimum absolute atomic E-state index is 0.0338. The van der Waals surface area contributed by atoms with Crippen molar-refractivity contribution in [2.24, 2.45) is 23.0 Å². The molecule has 1 aromatic carbocycles. The summed E-state index contributed by atoms with van der Waals surface area (Å²) in [5.74, 6) is 5.92. The molecule has 156 valence electrons. The number of nitrogens with two attached hydrogens (primary N) is 4. The number of hydrogen-bond acceptors (Lipinski definition) is 11. The van der Waals surface area contributed by atoms with E-state index in [1.165, 1.54) is 34.6 Å². The molecule has 0 saturated carbocycles. The summed E-state index contributed by atoms with van der Waals surface area (Å²) < 4.78 is 10.9. The highest BCUT2D eigenvalue weighted by atomic mass is 32.2. The summed E-state index contributed by atoms with van der Waals surface area (Å²) in [4.78, 5) is 25.2. The smallest absolute Gasteiger partial charge is 0.353 e. The molecule has 0 fully saturated rings. The van der Waals surface area contributed by atoms with Gasteiger partial charge in [0.15, 0.2) is 17.2 Å². The number of esters is 2. The zero-order valence-corrected chi connectivity index (χ0v) is 17.8. The van der Waals surface area contributed by atoms with Crippen molar-refractivity contribution in [2.45, 2.75) is 31.1 Å². The molecule has 28 heavy (non-hydrogen) atoms. The number of nitrogens with zero attached hydrogens (tertiary/aromatic N) is 1. The summed E-state index contributed by atoms with van der Waals surface area (Å²) in [6, 6.07) is 3.09. The number of carbonyl (C=O) groups excluding carboxylic acids is 2. The van der Waals surface area contributed by atoms with Crippen molar-refractivity contribution in [3.63, 3.8) is 0 Å². The van der Waals surface area contributed by atoms with E-state index in [2.05, 4.69) is 0 Å². The molecule has 1 aliphatic heterocycles. The van der Waals surface area contributed by atoms with Crippen molar-refractivity contribution in [3.05, 3.63) is 17.7 Å². The van der Waals surface area contributed by atoms with E-state index in [0.717, 1.165) is 0 Å². The predicted molar refractivity (Wildman–Crippen MR) is 113 cm³/mol. The van der Waals surface area contributed by atoms with Gasteiger partial charge in [-0.3, -0.25) is 10.7 Å². The van der Waals surface area contributed by atoms with Gasteiger partial charge in [0.05, 0.1) is 5.69 Å². The van der Waals surface area contributed by atoms with Crippen LogP contribution in [0.3, 0.4) is 0 Å². The van der Waals surface area contributed by atoms with E-state index in [-0.39, 0.29) is 24.3 Å². The first kappa shape index (κ1) is 22.8. The van der Waals surface area contributed by atoms with E-state index in [0.29, 0.717) is 22.8 Å². The van der Waals surface area contributed by atoms with Gasteiger partial charge in [-0.25, -0.2) is 15.4 Å². The van der Waals surface area contributed by atoms with Crippen LogP contribution in [0.1, 0.15) is 18.4 Å².